The zero-order valence-electron chi connectivity index (χ0n) is 12.2. The number of benzene rings is 1. The third-order valence-electron chi connectivity index (χ3n) is 3.11. The molecule has 2 aromatic rings. The molecule has 0 bridgehead atoms. The van der Waals surface area contributed by atoms with Crippen LogP contribution in [0.15, 0.2) is 29.6 Å². The molecule has 1 amide bonds. The molecule has 1 aromatic heterocycles. The van der Waals surface area contributed by atoms with E-state index in [4.69, 9.17) is 0 Å². The van der Waals surface area contributed by atoms with Gasteiger partial charge in [0.05, 0.1) is 12.1 Å². The molecule has 1 atom stereocenters. The van der Waals surface area contributed by atoms with Crippen molar-refractivity contribution in [3.63, 3.8) is 0 Å². The summed E-state index contributed by atoms with van der Waals surface area (Å²) in [6.45, 7) is 4.10. The van der Waals surface area contributed by atoms with Gasteiger partial charge >= 0.3 is 0 Å². The molecule has 1 N–H and O–H groups in total. The maximum absolute atomic E-state index is 12.9. The first-order valence-electron chi connectivity index (χ1n) is 7.08. The standard InChI is InChI=1S/C16H19FN2OS/c1-3-4-11(2)18-15(20)9-14-10-21-16(19-14)12-5-7-13(17)8-6-12/h5-8,10-11H,3-4,9H2,1-2H3,(H,18,20). The number of amides is 1. The van der Waals surface area contributed by atoms with E-state index in [1.54, 1.807) is 12.1 Å². The fourth-order valence-electron chi connectivity index (χ4n) is 2.11. The minimum absolute atomic E-state index is 0.00749. The van der Waals surface area contributed by atoms with Gasteiger partial charge in [-0.15, -0.1) is 11.3 Å². The highest BCUT2D eigenvalue weighted by Crippen LogP contribution is 2.24. The Morgan fingerprint density at radius 1 is 1.38 bits per heavy atom. The summed E-state index contributed by atoms with van der Waals surface area (Å²) in [6.07, 6.45) is 2.31. The molecule has 1 aromatic carbocycles. The van der Waals surface area contributed by atoms with Crippen LogP contribution in [0.3, 0.4) is 0 Å². The van der Waals surface area contributed by atoms with E-state index in [1.807, 2.05) is 12.3 Å². The molecular weight excluding hydrogens is 287 g/mol. The Bertz CT molecular complexity index is 595. The third-order valence-corrected chi connectivity index (χ3v) is 4.05. The predicted molar refractivity (Wildman–Crippen MR) is 83.7 cm³/mol. The Morgan fingerprint density at radius 3 is 2.76 bits per heavy atom. The molecule has 1 unspecified atom stereocenters. The molecule has 0 spiro atoms. The van der Waals surface area contributed by atoms with Gasteiger partial charge in [0.1, 0.15) is 10.8 Å². The van der Waals surface area contributed by atoms with Crippen molar-refractivity contribution in [3.8, 4) is 10.6 Å². The van der Waals surface area contributed by atoms with Crippen molar-refractivity contribution in [1.29, 1.82) is 0 Å². The van der Waals surface area contributed by atoms with Crippen molar-refractivity contribution in [2.45, 2.75) is 39.2 Å². The summed E-state index contributed by atoms with van der Waals surface area (Å²) in [5.41, 5.74) is 1.62. The Morgan fingerprint density at radius 2 is 2.10 bits per heavy atom. The number of rotatable bonds is 6. The second kappa shape index (κ2) is 7.31. The summed E-state index contributed by atoms with van der Waals surface area (Å²) in [4.78, 5) is 16.3. The van der Waals surface area contributed by atoms with E-state index in [1.165, 1.54) is 23.5 Å². The second-order valence-corrected chi connectivity index (χ2v) is 5.94. The number of hydrogen-bond donors (Lipinski definition) is 1. The Balaban J connectivity index is 1.97. The maximum atomic E-state index is 12.9. The fourth-order valence-corrected chi connectivity index (χ4v) is 2.93. The van der Waals surface area contributed by atoms with Crippen LogP contribution in [0, 0.1) is 5.82 Å². The van der Waals surface area contributed by atoms with Gasteiger partial charge < -0.3 is 5.32 Å². The van der Waals surface area contributed by atoms with Crippen LogP contribution in [0.25, 0.3) is 10.6 Å². The molecule has 2 rings (SSSR count). The van der Waals surface area contributed by atoms with Crippen LogP contribution in [-0.4, -0.2) is 16.9 Å². The fraction of sp³-hybridized carbons (Fsp3) is 0.375. The molecule has 0 saturated carbocycles. The lowest BCUT2D eigenvalue weighted by molar-refractivity contribution is -0.121. The van der Waals surface area contributed by atoms with E-state index >= 15 is 0 Å². The molecule has 0 aliphatic rings. The highest BCUT2D eigenvalue weighted by molar-refractivity contribution is 7.13. The van der Waals surface area contributed by atoms with E-state index in [9.17, 15) is 9.18 Å². The first kappa shape index (κ1) is 15.6. The molecule has 0 aliphatic carbocycles. The lowest BCUT2D eigenvalue weighted by Crippen LogP contribution is -2.33. The van der Waals surface area contributed by atoms with Crippen LogP contribution >= 0.6 is 11.3 Å². The summed E-state index contributed by atoms with van der Waals surface area (Å²) in [6, 6.07) is 6.41. The highest BCUT2D eigenvalue weighted by Gasteiger charge is 2.11. The Hall–Kier alpha value is -1.75. The topological polar surface area (TPSA) is 42.0 Å². The van der Waals surface area contributed by atoms with Gasteiger partial charge in [0.2, 0.25) is 5.91 Å². The first-order valence-corrected chi connectivity index (χ1v) is 7.96. The summed E-state index contributed by atoms with van der Waals surface area (Å²) >= 11 is 1.47. The van der Waals surface area contributed by atoms with Gasteiger partial charge in [-0.1, -0.05) is 13.3 Å². The van der Waals surface area contributed by atoms with Crippen molar-refractivity contribution in [1.82, 2.24) is 10.3 Å². The molecule has 0 radical (unpaired) electrons. The van der Waals surface area contributed by atoms with Gasteiger partial charge in [0, 0.05) is 17.0 Å². The second-order valence-electron chi connectivity index (χ2n) is 5.08. The number of nitrogens with one attached hydrogen (secondary N) is 1. The monoisotopic (exact) mass is 306 g/mol. The van der Waals surface area contributed by atoms with Gasteiger partial charge in [0.25, 0.3) is 0 Å². The van der Waals surface area contributed by atoms with Crippen molar-refractivity contribution >= 4 is 17.2 Å². The van der Waals surface area contributed by atoms with Gasteiger partial charge in [-0.2, -0.15) is 0 Å². The predicted octanol–water partition coefficient (Wildman–Crippen LogP) is 3.80. The lowest BCUT2D eigenvalue weighted by Gasteiger charge is -2.11. The minimum atomic E-state index is -0.264. The van der Waals surface area contributed by atoms with Crippen molar-refractivity contribution in [3.05, 3.63) is 41.2 Å². The molecule has 5 heteroatoms. The van der Waals surface area contributed by atoms with Crippen LogP contribution in [0.1, 0.15) is 32.4 Å². The van der Waals surface area contributed by atoms with Crippen LogP contribution in [-0.2, 0) is 11.2 Å². The van der Waals surface area contributed by atoms with E-state index < -0.39 is 0 Å². The molecule has 3 nitrogen and oxygen atoms in total. The van der Waals surface area contributed by atoms with Crippen LogP contribution < -0.4 is 5.32 Å². The van der Waals surface area contributed by atoms with Gasteiger partial charge in [-0.25, -0.2) is 9.37 Å². The zero-order chi connectivity index (χ0) is 15.2. The van der Waals surface area contributed by atoms with Crippen molar-refractivity contribution in [2.24, 2.45) is 0 Å². The molecule has 0 saturated heterocycles. The number of thiazole rings is 1. The minimum Gasteiger partial charge on any atom is -0.353 e. The normalized spacial score (nSPS) is 12.1. The van der Waals surface area contributed by atoms with Crippen LogP contribution in [0.4, 0.5) is 4.39 Å². The highest BCUT2D eigenvalue weighted by atomic mass is 32.1. The number of carbonyl (C=O) groups excluding carboxylic acids is 1. The molecule has 1 heterocycles. The number of hydrogen-bond acceptors (Lipinski definition) is 3. The molecule has 0 fully saturated rings. The molecule has 0 aliphatic heterocycles. The summed E-state index contributed by atoms with van der Waals surface area (Å²) < 4.78 is 12.9. The Labute approximate surface area is 128 Å². The lowest BCUT2D eigenvalue weighted by atomic mass is 10.2. The molecule has 112 valence electrons. The number of halogens is 1. The smallest absolute Gasteiger partial charge is 0.226 e. The summed E-state index contributed by atoms with van der Waals surface area (Å²) in [5, 5.41) is 5.64. The average Bonchev–Trinajstić information content (AvgIpc) is 2.88. The van der Waals surface area contributed by atoms with E-state index in [-0.39, 0.29) is 24.2 Å². The van der Waals surface area contributed by atoms with E-state index in [2.05, 4.69) is 17.2 Å². The SMILES string of the molecule is CCCC(C)NC(=O)Cc1csc(-c2ccc(F)cc2)n1. The first-order chi connectivity index (χ1) is 10.1. The van der Waals surface area contributed by atoms with E-state index in [0.29, 0.717) is 0 Å². The zero-order valence-corrected chi connectivity index (χ0v) is 13.0. The van der Waals surface area contributed by atoms with Gasteiger partial charge in [-0.05, 0) is 37.6 Å². The van der Waals surface area contributed by atoms with Crippen LogP contribution in [0.5, 0.6) is 0 Å². The van der Waals surface area contributed by atoms with Crippen molar-refractivity contribution < 1.29 is 9.18 Å². The summed E-state index contributed by atoms with van der Waals surface area (Å²) in [5.74, 6) is -0.272. The molecule has 21 heavy (non-hydrogen) atoms. The third kappa shape index (κ3) is 4.63. The van der Waals surface area contributed by atoms with Crippen molar-refractivity contribution in [2.75, 3.05) is 0 Å². The Kier molecular flexibility index (Phi) is 5.44. The van der Waals surface area contributed by atoms with Crippen LogP contribution in [0.2, 0.25) is 0 Å². The number of aromatic nitrogens is 1. The van der Waals surface area contributed by atoms with Gasteiger partial charge in [0.15, 0.2) is 0 Å². The largest absolute Gasteiger partial charge is 0.353 e. The number of carbonyl (C=O) groups is 1. The van der Waals surface area contributed by atoms with Gasteiger partial charge in [-0.3, -0.25) is 4.79 Å². The number of nitrogens with zero attached hydrogens (tertiary/aromatic N) is 1. The van der Waals surface area contributed by atoms with E-state index in [0.717, 1.165) is 29.1 Å². The summed E-state index contributed by atoms with van der Waals surface area (Å²) in [7, 11) is 0. The quantitative estimate of drug-likeness (QED) is 0.882. The maximum Gasteiger partial charge on any atom is 0.226 e. The molecular formula is C16H19FN2OS. The average molecular weight is 306 g/mol.